The third-order valence-electron chi connectivity index (χ3n) is 1.96. The Morgan fingerprint density at radius 2 is 2.00 bits per heavy atom. The molecule has 0 saturated carbocycles. The molecule has 2 rings (SSSR count). The summed E-state index contributed by atoms with van der Waals surface area (Å²) in [6.07, 6.45) is 0. The monoisotopic (exact) mass is 216 g/mol. The summed E-state index contributed by atoms with van der Waals surface area (Å²) in [5, 5.41) is 5.78. The van der Waals surface area contributed by atoms with Gasteiger partial charge >= 0.3 is 0 Å². The molecule has 1 aromatic heterocycles. The summed E-state index contributed by atoms with van der Waals surface area (Å²) in [5.74, 6) is -0.0489. The van der Waals surface area contributed by atoms with Crippen LogP contribution in [-0.2, 0) is 4.79 Å². The molecule has 0 atom stereocenters. The van der Waals surface area contributed by atoms with Crippen LogP contribution in [0, 0.1) is 5.38 Å². The van der Waals surface area contributed by atoms with Crippen molar-refractivity contribution in [3.8, 4) is 10.4 Å². The minimum absolute atomic E-state index is 0.0489. The summed E-state index contributed by atoms with van der Waals surface area (Å²) in [5.41, 5.74) is 1.97. The molecule has 1 N–H and O–H groups in total. The van der Waals surface area contributed by atoms with E-state index < -0.39 is 0 Å². The van der Waals surface area contributed by atoms with E-state index in [1.807, 2.05) is 36.4 Å². The lowest BCUT2D eigenvalue weighted by Crippen LogP contribution is -2.05. The first-order chi connectivity index (χ1) is 7.25. The fourth-order valence-electron chi connectivity index (χ4n) is 1.32. The van der Waals surface area contributed by atoms with Crippen molar-refractivity contribution in [2.24, 2.45) is 0 Å². The topological polar surface area (TPSA) is 29.1 Å². The Morgan fingerprint density at radius 1 is 1.27 bits per heavy atom. The first-order valence-electron chi connectivity index (χ1n) is 4.59. The van der Waals surface area contributed by atoms with Crippen molar-refractivity contribution < 1.29 is 4.79 Å². The summed E-state index contributed by atoms with van der Waals surface area (Å²) in [6, 6.07) is 11.7. The summed E-state index contributed by atoms with van der Waals surface area (Å²) in [6.45, 7) is 1.50. The Morgan fingerprint density at radius 3 is 2.53 bits per heavy atom. The largest absolute Gasteiger partial charge is 0.326 e. The van der Waals surface area contributed by atoms with Crippen molar-refractivity contribution in [2.75, 3.05) is 5.32 Å². The number of carbonyl (C=O) groups excluding carboxylic acids is 1. The van der Waals surface area contributed by atoms with E-state index in [2.05, 4.69) is 10.7 Å². The SMILES string of the molecule is CC(=O)Nc1ccc(-c2cc[c]s2)cc1. The van der Waals surface area contributed by atoms with Crippen molar-refractivity contribution in [1.82, 2.24) is 0 Å². The molecular weight excluding hydrogens is 206 g/mol. The van der Waals surface area contributed by atoms with Crippen LogP contribution in [-0.4, -0.2) is 5.91 Å². The van der Waals surface area contributed by atoms with E-state index in [1.165, 1.54) is 11.8 Å². The lowest BCUT2D eigenvalue weighted by molar-refractivity contribution is -0.114. The molecule has 0 aliphatic rings. The molecule has 0 aliphatic heterocycles. The van der Waals surface area contributed by atoms with Gasteiger partial charge in [-0.15, -0.1) is 11.3 Å². The quantitative estimate of drug-likeness (QED) is 0.820. The number of hydrogen-bond donors (Lipinski definition) is 1. The van der Waals surface area contributed by atoms with Gasteiger partial charge in [-0.05, 0) is 29.8 Å². The van der Waals surface area contributed by atoms with Crippen molar-refractivity contribution in [3.05, 3.63) is 41.8 Å². The van der Waals surface area contributed by atoms with Crippen molar-refractivity contribution in [1.29, 1.82) is 0 Å². The van der Waals surface area contributed by atoms with Crippen molar-refractivity contribution in [2.45, 2.75) is 6.92 Å². The second kappa shape index (κ2) is 4.28. The molecule has 1 heterocycles. The number of anilines is 1. The summed E-state index contributed by atoms with van der Waals surface area (Å²) < 4.78 is 0. The van der Waals surface area contributed by atoms with E-state index in [4.69, 9.17) is 0 Å². The van der Waals surface area contributed by atoms with E-state index >= 15 is 0 Å². The molecule has 0 fully saturated rings. The van der Waals surface area contributed by atoms with Crippen LogP contribution in [0.5, 0.6) is 0 Å². The van der Waals surface area contributed by atoms with Gasteiger partial charge in [0.2, 0.25) is 5.91 Å². The Hall–Kier alpha value is -1.61. The third-order valence-corrected chi connectivity index (χ3v) is 2.81. The molecule has 15 heavy (non-hydrogen) atoms. The molecule has 1 amide bonds. The standard InChI is InChI=1S/C12H10NOS/c1-9(14)13-11-6-4-10(5-7-11)12-3-2-8-15-12/h2-7H,1H3,(H,13,14). The molecule has 2 aromatic rings. The fraction of sp³-hybridized carbons (Fsp3) is 0.0833. The predicted octanol–water partition coefficient (Wildman–Crippen LogP) is 3.17. The molecule has 0 saturated heterocycles. The lowest BCUT2D eigenvalue weighted by Gasteiger charge is -2.02. The van der Waals surface area contributed by atoms with E-state index in [0.717, 1.165) is 11.3 Å². The van der Waals surface area contributed by atoms with E-state index in [9.17, 15) is 4.79 Å². The van der Waals surface area contributed by atoms with Crippen LogP contribution in [0.25, 0.3) is 10.4 Å². The second-order valence-electron chi connectivity index (χ2n) is 3.18. The number of carbonyl (C=O) groups is 1. The Kier molecular flexibility index (Phi) is 2.83. The Balaban J connectivity index is 2.21. The first kappa shape index (κ1) is 9.93. The number of hydrogen-bond acceptors (Lipinski definition) is 2. The van der Waals surface area contributed by atoms with Crippen LogP contribution in [0.1, 0.15) is 6.92 Å². The maximum absolute atomic E-state index is 10.8. The molecular formula is C12H10NOS. The highest BCUT2D eigenvalue weighted by Crippen LogP contribution is 2.25. The average molecular weight is 216 g/mol. The van der Waals surface area contributed by atoms with E-state index in [-0.39, 0.29) is 5.91 Å². The molecule has 0 spiro atoms. The third kappa shape index (κ3) is 2.44. The average Bonchev–Trinajstić information content (AvgIpc) is 2.71. The summed E-state index contributed by atoms with van der Waals surface area (Å²) in [4.78, 5) is 12.0. The zero-order valence-electron chi connectivity index (χ0n) is 8.28. The minimum Gasteiger partial charge on any atom is -0.326 e. The van der Waals surface area contributed by atoms with Crippen LogP contribution < -0.4 is 5.32 Å². The maximum Gasteiger partial charge on any atom is 0.221 e. The van der Waals surface area contributed by atoms with E-state index in [1.54, 1.807) is 11.3 Å². The van der Waals surface area contributed by atoms with Gasteiger partial charge in [0.25, 0.3) is 0 Å². The van der Waals surface area contributed by atoms with Gasteiger partial charge in [0.05, 0.1) is 0 Å². The number of thiophene rings is 1. The van der Waals surface area contributed by atoms with Gasteiger partial charge in [0.15, 0.2) is 0 Å². The molecule has 1 radical (unpaired) electrons. The fourth-order valence-corrected chi connectivity index (χ4v) is 1.97. The highest BCUT2D eigenvalue weighted by Gasteiger charge is 1.99. The molecule has 1 aromatic carbocycles. The van der Waals surface area contributed by atoms with Gasteiger partial charge in [-0.2, -0.15) is 0 Å². The van der Waals surface area contributed by atoms with Crippen LogP contribution in [0.4, 0.5) is 5.69 Å². The van der Waals surface area contributed by atoms with Gasteiger partial charge in [0, 0.05) is 22.9 Å². The normalized spacial score (nSPS) is 9.93. The number of benzene rings is 1. The smallest absolute Gasteiger partial charge is 0.221 e. The van der Waals surface area contributed by atoms with Gasteiger partial charge in [-0.3, -0.25) is 4.79 Å². The minimum atomic E-state index is -0.0489. The molecule has 75 valence electrons. The zero-order valence-corrected chi connectivity index (χ0v) is 9.10. The summed E-state index contributed by atoms with van der Waals surface area (Å²) >= 11 is 1.58. The molecule has 0 bridgehead atoms. The zero-order chi connectivity index (χ0) is 10.7. The van der Waals surface area contributed by atoms with Gasteiger partial charge in [-0.25, -0.2) is 0 Å². The lowest BCUT2D eigenvalue weighted by atomic mass is 10.2. The highest BCUT2D eigenvalue weighted by molar-refractivity contribution is 7.13. The number of amides is 1. The van der Waals surface area contributed by atoms with Crippen molar-refractivity contribution >= 4 is 22.9 Å². The van der Waals surface area contributed by atoms with Crippen molar-refractivity contribution in [3.63, 3.8) is 0 Å². The first-order valence-corrected chi connectivity index (χ1v) is 5.41. The second-order valence-corrected chi connectivity index (χ2v) is 4.06. The van der Waals surface area contributed by atoms with Gasteiger partial charge < -0.3 is 5.32 Å². The predicted molar refractivity (Wildman–Crippen MR) is 62.9 cm³/mol. The van der Waals surface area contributed by atoms with Crippen LogP contribution >= 0.6 is 11.3 Å². The molecule has 0 aliphatic carbocycles. The van der Waals surface area contributed by atoms with Crippen LogP contribution in [0.3, 0.4) is 0 Å². The highest BCUT2D eigenvalue weighted by atomic mass is 32.1. The van der Waals surface area contributed by atoms with Crippen LogP contribution in [0.15, 0.2) is 36.4 Å². The Bertz CT molecular complexity index is 445. The Labute approximate surface area is 92.6 Å². The number of nitrogens with one attached hydrogen (secondary N) is 1. The van der Waals surface area contributed by atoms with Gasteiger partial charge in [-0.1, -0.05) is 12.1 Å². The number of rotatable bonds is 2. The summed E-state index contributed by atoms with van der Waals surface area (Å²) in [7, 11) is 0. The maximum atomic E-state index is 10.8. The molecule has 3 heteroatoms. The van der Waals surface area contributed by atoms with Gasteiger partial charge in [0.1, 0.15) is 0 Å². The molecule has 2 nitrogen and oxygen atoms in total. The molecule has 0 unspecified atom stereocenters. The van der Waals surface area contributed by atoms with Crippen LogP contribution in [0.2, 0.25) is 0 Å². The van der Waals surface area contributed by atoms with E-state index in [0.29, 0.717) is 0 Å².